The summed E-state index contributed by atoms with van der Waals surface area (Å²) in [4.78, 5) is 18.2. The predicted octanol–water partition coefficient (Wildman–Crippen LogP) is 3.57. The molecule has 3 rings (SSSR count). The minimum Gasteiger partial charge on any atom is -0.376 e. The molecule has 132 valence electrons. The summed E-state index contributed by atoms with van der Waals surface area (Å²) in [7, 11) is 0. The van der Waals surface area contributed by atoms with Gasteiger partial charge in [0.05, 0.1) is 11.8 Å². The Labute approximate surface area is 144 Å². The quantitative estimate of drug-likeness (QED) is 0.900. The number of carbonyl (C=O) groups excluding carboxylic acids is 1. The normalized spacial score (nSPS) is 16.6. The largest absolute Gasteiger partial charge is 0.376 e. The van der Waals surface area contributed by atoms with Crippen LogP contribution in [-0.4, -0.2) is 35.2 Å². The van der Waals surface area contributed by atoms with Crippen LogP contribution in [0.3, 0.4) is 0 Å². The Hall–Kier alpha value is -2.54. The Morgan fingerprint density at radius 2 is 2.24 bits per heavy atom. The summed E-state index contributed by atoms with van der Waals surface area (Å²) in [6.45, 7) is 1.39. The summed E-state index contributed by atoms with van der Waals surface area (Å²) in [6.07, 6.45) is 5.12. The third-order valence-electron chi connectivity index (χ3n) is 4.00. The molecule has 0 saturated carbocycles. The molecule has 1 saturated heterocycles. The van der Waals surface area contributed by atoms with Crippen LogP contribution in [-0.2, 0) is 11.3 Å². The molecule has 2 aromatic rings. The molecule has 2 amide bonds. The Morgan fingerprint density at radius 1 is 1.36 bits per heavy atom. The van der Waals surface area contributed by atoms with Crippen LogP contribution in [0.2, 0.25) is 0 Å². The molecular formula is C18H19F2N3O2. The van der Waals surface area contributed by atoms with Gasteiger partial charge in [-0.3, -0.25) is 4.98 Å². The van der Waals surface area contributed by atoms with Crippen molar-refractivity contribution >= 4 is 11.7 Å². The van der Waals surface area contributed by atoms with Gasteiger partial charge >= 0.3 is 6.03 Å². The second-order valence-corrected chi connectivity index (χ2v) is 5.93. The van der Waals surface area contributed by atoms with Gasteiger partial charge in [-0.05, 0) is 36.6 Å². The van der Waals surface area contributed by atoms with Gasteiger partial charge in [0.1, 0.15) is 11.6 Å². The highest BCUT2D eigenvalue weighted by molar-refractivity contribution is 5.89. The minimum absolute atomic E-state index is 0.0412. The van der Waals surface area contributed by atoms with Gasteiger partial charge in [-0.25, -0.2) is 13.6 Å². The summed E-state index contributed by atoms with van der Waals surface area (Å²) in [5, 5.41) is 2.50. The maximum Gasteiger partial charge on any atom is 0.322 e. The van der Waals surface area contributed by atoms with Crippen LogP contribution < -0.4 is 5.32 Å². The van der Waals surface area contributed by atoms with E-state index in [2.05, 4.69) is 10.3 Å². The average Bonchev–Trinajstić information content (AvgIpc) is 3.11. The molecule has 25 heavy (non-hydrogen) atoms. The second kappa shape index (κ2) is 8.02. The highest BCUT2D eigenvalue weighted by Gasteiger charge is 2.23. The fourth-order valence-electron chi connectivity index (χ4n) is 2.75. The number of pyridine rings is 1. The van der Waals surface area contributed by atoms with E-state index in [9.17, 15) is 13.6 Å². The number of carbonyl (C=O) groups is 1. The lowest BCUT2D eigenvalue weighted by molar-refractivity contribution is 0.0819. The van der Waals surface area contributed by atoms with Crippen molar-refractivity contribution in [2.45, 2.75) is 25.5 Å². The Balaban J connectivity index is 1.73. The van der Waals surface area contributed by atoms with Crippen LogP contribution in [0.25, 0.3) is 0 Å². The van der Waals surface area contributed by atoms with Gasteiger partial charge < -0.3 is 15.0 Å². The third kappa shape index (κ3) is 4.73. The topological polar surface area (TPSA) is 54.5 Å². The SMILES string of the molecule is O=C(Nc1ccc(F)cc1F)N(Cc1cccnc1)CC1CCCO1. The zero-order valence-electron chi connectivity index (χ0n) is 13.6. The minimum atomic E-state index is -0.813. The molecule has 1 aromatic carbocycles. The Kier molecular flexibility index (Phi) is 5.55. The van der Waals surface area contributed by atoms with E-state index in [0.717, 1.165) is 30.5 Å². The number of hydrogen-bond acceptors (Lipinski definition) is 3. The number of nitrogens with one attached hydrogen (secondary N) is 1. The van der Waals surface area contributed by atoms with E-state index in [1.54, 1.807) is 23.4 Å². The van der Waals surface area contributed by atoms with Crippen molar-refractivity contribution < 1.29 is 18.3 Å². The molecule has 5 nitrogen and oxygen atoms in total. The van der Waals surface area contributed by atoms with Crippen LogP contribution in [0.15, 0.2) is 42.7 Å². The molecule has 1 aromatic heterocycles. The fraction of sp³-hybridized carbons (Fsp3) is 0.333. The van der Waals surface area contributed by atoms with E-state index in [0.29, 0.717) is 19.7 Å². The lowest BCUT2D eigenvalue weighted by Crippen LogP contribution is -2.39. The van der Waals surface area contributed by atoms with Crippen molar-refractivity contribution in [3.8, 4) is 0 Å². The van der Waals surface area contributed by atoms with Crippen molar-refractivity contribution in [1.82, 2.24) is 9.88 Å². The number of benzene rings is 1. The van der Waals surface area contributed by atoms with Gasteiger partial charge in [-0.1, -0.05) is 6.07 Å². The van der Waals surface area contributed by atoms with E-state index in [1.807, 2.05) is 6.07 Å². The monoisotopic (exact) mass is 347 g/mol. The number of aromatic nitrogens is 1. The summed E-state index contributed by atoms with van der Waals surface area (Å²) in [5.41, 5.74) is 0.796. The molecule has 2 heterocycles. The van der Waals surface area contributed by atoms with Crippen LogP contribution in [0, 0.1) is 11.6 Å². The maximum atomic E-state index is 13.8. The van der Waals surface area contributed by atoms with E-state index in [1.165, 1.54) is 6.07 Å². The van der Waals surface area contributed by atoms with E-state index in [4.69, 9.17) is 4.74 Å². The summed E-state index contributed by atoms with van der Waals surface area (Å²) in [5.74, 6) is -1.51. The molecule has 0 aliphatic carbocycles. The summed E-state index contributed by atoms with van der Waals surface area (Å²) in [6, 6.07) is 6.23. The number of urea groups is 1. The van der Waals surface area contributed by atoms with Crippen LogP contribution >= 0.6 is 0 Å². The molecule has 0 radical (unpaired) electrons. The standard InChI is InChI=1S/C18H19F2N3O2/c19-14-5-6-17(16(20)9-14)22-18(24)23(12-15-4-2-8-25-15)11-13-3-1-7-21-10-13/h1,3,5-7,9-10,15H,2,4,8,11-12H2,(H,22,24). The highest BCUT2D eigenvalue weighted by Crippen LogP contribution is 2.18. The summed E-state index contributed by atoms with van der Waals surface area (Å²) < 4.78 is 32.4. The zero-order valence-corrected chi connectivity index (χ0v) is 13.6. The van der Waals surface area contributed by atoms with Crippen molar-refractivity contribution in [3.05, 3.63) is 59.9 Å². The highest BCUT2D eigenvalue weighted by atomic mass is 19.1. The van der Waals surface area contributed by atoms with Gasteiger partial charge in [0.25, 0.3) is 0 Å². The molecule has 0 bridgehead atoms. The average molecular weight is 347 g/mol. The van der Waals surface area contributed by atoms with Gasteiger partial charge in [0, 0.05) is 38.2 Å². The molecule has 1 aliphatic heterocycles. The van der Waals surface area contributed by atoms with Gasteiger partial charge in [-0.2, -0.15) is 0 Å². The number of nitrogens with zero attached hydrogens (tertiary/aromatic N) is 2. The maximum absolute atomic E-state index is 13.8. The van der Waals surface area contributed by atoms with E-state index >= 15 is 0 Å². The lowest BCUT2D eigenvalue weighted by Gasteiger charge is -2.26. The molecule has 1 atom stereocenters. The van der Waals surface area contributed by atoms with Crippen molar-refractivity contribution in [1.29, 1.82) is 0 Å². The first kappa shape index (κ1) is 17.3. The molecule has 1 unspecified atom stereocenters. The van der Waals surface area contributed by atoms with Gasteiger partial charge in [0.2, 0.25) is 0 Å². The molecule has 7 heteroatoms. The molecular weight excluding hydrogens is 328 g/mol. The van der Waals surface area contributed by atoms with E-state index < -0.39 is 17.7 Å². The van der Waals surface area contributed by atoms with Crippen LogP contribution in [0.5, 0.6) is 0 Å². The first-order valence-corrected chi connectivity index (χ1v) is 8.13. The number of anilines is 1. The number of halogens is 2. The van der Waals surface area contributed by atoms with Gasteiger partial charge in [-0.15, -0.1) is 0 Å². The van der Waals surface area contributed by atoms with Crippen molar-refractivity contribution in [2.75, 3.05) is 18.5 Å². The van der Waals surface area contributed by atoms with E-state index in [-0.39, 0.29) is 11.8 Å². The van der Waals surface area contributed by atoms with Crippen LogP contribution in [0.1, 0.15) is 18.4 Å². The lowest BCUT2D eigenvalue weighted by atomic mass is 10.2. The third-order valence-corrected chi connectivity index (χ3v) is 4.00. The van der Waals surface area contributed by atoms with Crippen LogP contribution in [0.4, 0.5) is 19.3 Å². The Morgan fingerprint density at radius 3 is 2.92 bits per heavy atom. The molecule has 1 aliphatic rings. The number of hydrogen-bond donors (Lipinski definition) is 1. The molecule has 1 N–H and O–H groups in total. The first-order valence-electron chi connectivity index (χ1n) is 8.13. The van der Waals surface area contributed by atoms with Crippen molar-refractivity contribution in [2.24, 2.45) is 0 Å². The number of rotatable bonds is 5. The summed E-state index contributed by atoms with van der Waals surface area (Å²) >= 11 is 0. The number of ether oxygens (including phenoxy) is 1. The Bertz CT molecular complexity index is 722. The van der Waals surface area contributed by atoms with Crippen molar-refractivity contribution in [3.63, 3.8) is 0 Å². The smallest absolute Gasteiger partial charge is 0.322 e. The predicted molar refractivity (Wildman–Crippen MR) is 89.0 cm³/mol. The second-order valence-electron chi connectivity index (χ2n) is 5.93. The molecule has 1 fully saturated rings. The number of amides is 2. The molecule has 0 spiro atoms. The fourth-order valence-corrected chi connectivity index (χ4v) is 2.75. The first-order chi connectivity index (χ1) is 12.1. The van der Waals surface area contributed by atoms with Gasteiger partial charge in [0.15, 0.2) is 0 Å². The zero-order chi connectivity index (χ0) is 17.6.